The molecule has 3 aliphatic heterocycles. The molecule has 37 heavy (non-hydrogen) atoms. The monoisotopic (exact) mass is 513 g/mol. The van der Waals surface area contributed by atoms with Gasteiger partial charge in [0.2, 0.25) is 11.8 Å². The first kappa shape index (κ1) is 23.1. The maximum absolute atomic E-state index is 13.9. The molecule has 3 aromatic carbocycles. The highest BCUT2D eigenvalue weighted by Gasteiger charge is 2.65. The number of hydrazone groups is 1. The van der Waals surface area contributed by atoms with E-state index >= 15 is 0 Å². The average Bonchev–Trinajstić information content (AvgIpc) is 3.37. The molecule has 0 unspecified atom stereocenters. The van der Waals surface area contributed by atoms with E-state index in [2.05, 4.69) is 5.10 Å². The van der Waals surface area contributed by atoms with Crippen LogP contribution < -0.4 is 9.64 Å². The van der Waals surface area contributed by atoms with Crippen LogP contribution >= 0.6 is 11.6 Å². The number of benzene rings is 3. The fourth-order valence-electron chi connectivity index (χ4n) is 5.54. The maximum Gasteiger partial charge on any atom is 0.308 e. The second-order valence-electron chi connectivity index (χ2n) is 9.17. The molecule has 2 saturated heterocycles. The first-order valence-electron chi connectivity index (χ1n) is 11.7. The normalized spacial score (nSPS) is 23.5. The number of imide groups is 1. The van der Waals surface area contributed by atoms with Crippen molar-refractivity contribution in [2.75, 3.05) is 4.90 Å². The Hall–Kier alpha value is -4.30. The minimum absolute atomic E-state index is 0.299. The largest absolute Gasteiger partial charge is 0.427 e. The molecule has 0 radical (unpaired) electrons. The number of carbonyl (C=O) groups is 4. The van der Waals surface area contributed by atoms with Crippen molar-refractivity contribution in [3.63, 3.8) is 0 Å². The number of halogens is 1. The third kappa shape index (κ3) is 3.64. The van der Waals surface area contributed by atoms with Crippen LogP contribution in [0.25, 0.3) is 0 Å². The fraction of sp³-hybridized carbons (Fsp3) is 0.179. The average molecular weight is 514 g/mol. The second kappa shape index (κ2) is 8.67. The van der Waals surface area contributed by atoms with Gasteiger partial charge in [-0.3, -0.25) is 24.2 Å². The predicted octanol–water partition coefficient (Wildman–Crippen LogP) is 4.03. The molecule has 0 saturated carbocycles. The number of rotatable bonds is 4. The molecule has 8 nitrogen and oxygen atoms in total. The summed E-state index contributed by atoms with van der Waals surface area (Å²) in [5.41, 5.74) is 2.41. The van der Waals surface area contributed by atoms with Crippen molar-refractivity contribution in [3.05, 3.63) is 94.5 Å². The molecule has 0 aliphatic carbocycles. The summed E-state index contributed by atoms with van der Waals surface area (Å²) in [4.78, 5) is 54.0. The lowest BCUT2D eigenvalue weighted by Gasteiger charge is -2.33. The summed E-state index contributed by atoms with van der Waals surface area (Å²) in [6.07, 6.45) is 1.66. The van der Waals surface area contributed by atoms with Crippen molar-refractivity contribution in [1.29, 1.82) is 0 Å². The van der Waals surface area contributed by atoms with Crippen LogP contribution in [0.15, 0.2) is 77.9 Å². The minimum atomic E-state index is -0.970. The highest BCUT2D eigenvalue weighted by molar-refractivity contribution is 6.30. The van der Waals surface area contributed by atoms with Gasteiger partial charge in [-0.25, -0.2) is 4.90 Å². The lowest BCUT2D eigenvalue weighted by molar-refractivity contribution is -0.132. The molecule has 9 heteroatoms. The zero-order chi connectivity index (χ0) is 25.8. The Labute approximate surface area is 217 Å². The van der Waals surface area contributed by atoms with Crippen LogP contribution in [0.1, 0.15) is 34.5 Å². The van der Waals surface area contributed by atoms with Gasteiger partial charge in [0.1, 0.15) is 11.8 Å². The number of esters is 1. The van der Waals surface area contributed by atoms with Crippen LogP contribution in [0, 0.1) is 11.8 Å². The molecule has 3 heterocycles. The molecule has 184 valence electrons. The number of hydrogen-bond acceptors (Lipinski definition) is 7. The number of Topliss-reactive ketones (excluding diaryl/α,β-unsaturated/α-hetero) is 1. The standard InChI is InChI=1S/C28H20ClN3O5/c1-15(33)37-20-12-10-19(11-13-20)31-27(35)22-23(28(31)36)25(26(34)16-6-8-18(29)9-7-16)32-24(22)21-5-3-2-4-17(21)14-30-32/h2-14,22-25H,1H3/t22-,23+,24-,25-/m1/s1. The first-order chi connectivity index (χ1) is 17.8. The molecule has 0 spiro atoms. The summed E-state index contributed by atoms with van der Waals surface area (Å²) >= 11 is 6.02. The van der Waals surface area contributed by atoms with Crippen molar-refractivity contribution < 1.29 is 23.9 Å². The summed E-state index contributed by atoms with van der Waals surface area (Å²) in [6, 6.07) is 18.6. The van der Waals surface area contributed by atoms with Gasteiger partial charge >= 0.3 is 5.97 Å². The zero-order valence-corrected chi connectivity index (χ0v) is 20.3. The van der Waals surface area contributed by atoms with Crippen LogP contribution in [-0.4, -0.2) is 40.8 Å². The van der Waals surface area contributed by atoms with Crippen LogP contribution in [0.2, 0.25) is 5.02 Å². The van der Waals surface area contributed by atoms with Crippen LogP contribution in [0.5, 0.6) is 5.75 Å². The van der Waals surface area contributed by atoms with Gasteiger partial charge in [0.25, 0.3) is 0 Å². The highest BCUT2D eigenvalue weighted by atomic mass is 35.5. The highest BCUT2D eigenvalue weighted by Crippen LogP contribution is 2.53. The molecule has 6 rings (SSSR count). The molecular weight excluding hydrogens is 494 g/mol. The van der Waals surface area contributed by atoms with Crippen LogP contribution in [0.4, 0.5) is 5.69 Å². The molecular formula is C28H20ClN3O5. The number of anilines is 1. The molecule has 3 aliphatic rings. The summed E-state index contributed by atoms with van der Waals surface area (Å²) in [7, 11) is 0. The topological polar surface area (TPSA) is 96.3 Å². The second-order valence-corrected chi connectivity index (χ2v) is 9.60. The lowest BCUT2D eigenvalue weighted by atomic mass is 9.83. The summed E-state index contributed by atoms with van der Waals surface area (Å²) in [6.45, 7) is 1.29. The molecule has 3 aromatic rings. The number of ether oxygens (including phenoxy) is 1. The predicted molar refractivity (Wildman–Crippen MR) is 135 cm³/mol. The van der Waals surface area contributed by atoms with E-state index in [1.807, 2.05) is 24.3 Å². The van der Waals surface area contributed by atoms with Gasteiger partial charge in [-0.15, -0.1) is 0 Å². The summed E-state index contributed by atoms with van der Waals surface area (Å²) < 4.78 is 5.07. The van der Waals surface area contributed by atoms with E-state index in [1.165, 1.54) is 19.1 Å². The third-order valence-corrected chi connectivity index (χ3v) is 7.30. The van der Waals surface area contributed by atoms with E-state index in [0.29, 0.717) is 22.0 Å². The SMILES string of the molecule is CC(=O)Oc1ccc(N2C(=O)[C@@H]3[C@H](C2=O)[C@H](C(=O)c2ccc(Cl)cc2)N2N=Cc4ccccc4[C@H]32)cc1. The summed E-state index contributed by atoms with van der Waals surface area (Å²) in [5.74, 6) is -3.09. The molecule has 2 amide bonds. The fourth-order valence-corrected chi connectivity index (χ4v) is 5.66. The van der Waals surface area contributed by atoms with Crippen molar-refractivity contribution >= 4 is 47.1 Å². The van der Waals surface area contributed by atoms with Gasteiger partial charge in [-0.05, 0) is 59.7 Å². The number of nitrogens with zero attached hydrogens (tertiary/aromatic N) is 3. The number of ketones is 1. The van der Waals surface area contributed by atoms with E-state index in [4.69, 9.17) is 16.3 Å². The third-order valence-electron chi connectivity index (χ3n) is 7.05. The van der Waals surface area contributed by atoms with E-state index in [-0.39, 0.29) is 5.78 Å². The van der Waals surface area contributed by atoms with Crippen molar-refractivity contribution in [2.45, 2.75) is 19.0 Å². The van der Waals surface area contributed by atoms with Gasteiger partial charge in [0, 0.05) is 17.5 Å². The van der Waals surface area contributed by atoms with Gasteiger partial charge < -0.3 is 4.74 Å². The maximum atomic E-state index is 13.9. The van der Waals surface area contributed by atoms with Gasteiger partial charge in [0.15, 0.2) is 5.78 Å². The number of carbonyl (C=O) groups excluding carboxylic acids is 4. The Morgan fingerprint density at radius 3 is 2.27 bits per heavy atom. The number of hydrogen-bond donors (Lipinski definition) is 0. The Kier molecular flexibility index (Phi) is 5.42. The number of amides is 2. The first-order valence-corrected chi connectivity index (χ1v) is 12.1. The van der Waals surface area contributed by atoms with Crippen LogP contribution in [0.3, 0.4) is 0 Å². The Morgan fingerprint density at radius 1 is 0.892 bits per heavy atom. The Bertz CT molecular complexity index is 1480. The van der Waals surface area contributed by atoms with Crippen molar-refractivity contribution in [2.24, 2.45) is 16.9 Å². The molecule has 0 bridgehead atoms. The van der Waals surface area contributed by atoms with Crippen LogP contribution in [-0.2, 0) is 14.4 Å². The van der Waals surface area contributed by atoms with Gasteiger partial charge in [0.05, 0.1) is 29.8 Å². The minimum Gasteiger partial charge on any atom is -0.427 e. The van der Waals surface area contributed by atoms with E-state index in [9.17, 15) is 19.2 Å². The Balaban J connectivity index is 1.44. The molecule has 2 fully saturated rings. The van der Waals surface area contributed by atoms with Gasteiger partial charge in [-0.2, -0.15) is 5.10 Å². The van der Waals surface area contributed by atoms with E-state index < -0.39 is 41.7 Å². The molecule has 4 atom stereocenters. The van der Waals surface area contributed by atoms with Gasteiger partial charge in [-0.1, -0.05) is 35.9 Å². The van der Waals surface area contributed by atoms with Crippen molar-refractivity contribution in [1.82, 2.24) is 5.01 Å². The number of fused-ring (bicyclic) bond motifs is 5. The molecule has 0 aromatic heterocycles. The zero-order valence-electron chi connectivity index (χ0n) is 19.6. The van der Waals surface area contributed by atoms with E-state index in [1.54, 1.807) is 47.6 Å². The van der Waals surface area contributed by atoms with Crippen molar-refractivity contribution in [3.8, 4) is 5.75 Å². The quantitative estimate of drug-likeness (QED) is 0.226. The summed E-state index contributed by atoms with van der Waals surface area (Å²) in [5, 5.41) is 6.66. The Morgan fingerprint density at radius 2 is 1.57 bits per heavy atom. The lowest BCUT2D eigenvalue weighted by Crippen LogP contribution is -2.44. The molecule has 0 N–H and O–H groups in total. The smallest absolute Gasteiger partial charge is 0.308 e. The van der Waals surface area contributed by atoms with E-state index in [0.717, 1.165) is 16.0 Å².